The molecule has 0 radical (unpaired) electrons. The third-order valence-corrected chi connectivity index (χ3v) is 3.46. The van der Waals surface area contributed by atoms with Crippen LogP contribution in [0.4, 0.5) is 0 Å². The van der Waals surface area contributed by atoms with Crippen molar-refractivity contribution in [1.82, 2.24) is 15.0 Å². The van der Waals surface area contributed by atoms with E-state index in [1.54, 1.807) is 0 Å². The third-order valence-electron chi connectivity index (χ3n) is 3.23. The molecule has 4 nitrogen and oxygen atoms in total. The number of rotatable bonds is 4. The monoisotopic (exact) mass is 262 g/mol. The van der Waals surface area contributed by atoms with Crippen molar-refractivity contribution in [3.8, 4) is 0 Å². The number of benzene rings is 1. The van der Waals surface area contributed by atoms with Crippen LogP contribution in [-0.2, 0) is 13.1 Å². The van der Waals surface area contributed by atoms with Crippen LogP contribution in [0.15, 0.2) is 24.3 Å². The van der Waals surface area contributed by atoms with Crippen LogP contribution in [0.3, 0.4) is 0 Å². The number of nitrogens with two attached hydrogens (primary N) is 1. The lowest BCUT2D eigenvalue weighted by Gasteiger charge is -2.07. The molecule has 1 fully saturated rings. The molecule has 1 aromatic carbocycles. The Bertz CT molecular complexity index is 560. The van der Waals surface area contributed by atoms with Crippen LogP contribution in [-0.4, -0.2) is 15.0 Å². The second kappa shape index (κ2) is 4.71. The molecule has 2 N–H and O–H groups in total. The Kier molecular flexibility index (Phi) is 3.06. The fourth-order valence-corrected chi connectivity index (χ4v) is 2.44. The number of hydrogen-bond acceptors (Lipinski definition) is 3. The summed E-state index contributed by atoms with van der Waals surface area (Å²) in [5.41, 5.74) is 8.98. The van der Waals surface area contributed by atoms with Gasteiger partial charge in [0.25, 0.3) is 0 Å². The smallest absolute Gasteiger partial charge is 0.0997 e. The van der Waals surface area contributed by atoms with Gasteiger partial charge in [0.15, 0.2) is 0 Å². The van der Waals surface area contributed by atoms with E-state index in [1.807, 2.05) is 28.9 Å². The number of hydrogen-bond donors (Lipinski definition) is 1. The summed E-state index contributed by atoms with van der Waals surface area (Å²) in [6.45, 7) is 1.17. The first-order chi connectivity index (χ1) is 8.78. The number of aromatic nitrogens is 3. The summed E-state index contributed by atoms with van der Waals surface area (Å²) in [7, 11) is 0. The van der Waals surface area contributed by atoms with Crippen molar-refractivity contribution < 1.29 is 0 Å². The summed E-state index contributed by atoms with van der Waals surface area (Å²) in [6.07, 6.45) is 2.44. The number of nitrogens with zero attached hydrogens (tertiary/aromatic N) is 3. The van der Waals surface area contributed by atoms with Crippen LogP contribution in [0.1, 0.15) is 35.7 Å². The maximum Gasteiger partial charge on any atom is 0.0997 e. The van der Waals surface area contributed by atoms with Gasteiger partial charge in [0, 0.05) is 17.5 Å². The van der Waals surface area contributed by atoms with Gasteiger partial charge in [-0.1, -0.05) is 28.9 Å². The van der Waals surface area contributed by atoms with Gasteiger partial charge in [0.1, 0.15) is 0 Å². The molecule has 0 bridgehead atoms. The average molecular weight is 263 g/mol. The Labute approximate surface area is 111 Å². The molecule has 0 unspecified atom stereocenters. The Balaban J connectivity index is 1.90. The van der Waals surface area contributed by atoms with Gasteiger partial charge >= 0.3 is 0 Å². The van der Waals surface area contributed by atoms with Gasteiger partial charge in [-0.15, -0.1) is 5.10 Å². The predicted molar refractivity (Wildman–Crippen MR) is 70.4 cm³/mol. The molecule has 1 aromatic heterocycles. The van der Waals surface area contributed by atoms with Gasteiger partial charge in [0.05, 0.1) is 17.9 Å². The van der Waals surface area contributed by atoms with E-state index < -0.39 is 0 Å². The van der Waals surface area contributed by atoms with Gasteiger partial charge in [-0.05, 0) is 30.5 Å². The third kappa shape index (κ3) is 2.26. The molecule has 18 heavy (non-hydrogen) atoms. The van der Waals surface area contributed by atoms with Gasteiger partial charge in [0.2, 0.25) is 0 Å². The van der Waals surface area contributed by atoms with Crippen LogP contribution in [0.5, 0.6) is 0 Å². The van der Waals surface area contributed by atoms with Crippen molar-refractivity contribution in [2.75, 3.05) is 0 Å². The maximum atomic E-state index is 5.99. The largest absolute Gasteiger partial charge is 0.325 e. The maximum absolute atomic E-state index is 5.99. The highest BCUT2D eigenvalue weighted by Crippen LogP contribution is 2.41. The van der Waals surface area contributed by atoms with E-state index in [1.165, 1.54) is 18.5 Å². The molecule has 2 aromatic rings. The fraction of sp³-hybridized carbons (Fsp3) is 0.385. The molecule has 94 valence electrons. The zero-order valence-corrected chi connectivity index (χ0v) is 10.8. The Morgan fingerprint density at radius 3 is 2.89 bits per heavy atom. The molecule has 5 heteroatoms. The normalized spacial score (nSPS) is 15.0. The van der Waals surface area contributed by atoms with Gasteiger partial charge in [-0.3, -0.25) is 0 Å². The summed E-state index contributed by atoms with van der Waals surface area (Å²) in [6, 6.07) is 7.84. The molecule has 0 atom stereocenters. The lowest BCUT2D eigenvalue weighted by Crippen LogP contribution is -2.08. The quantitative estimate of drug-likeness (QED) is 0.920. The molecule has 0 saturated heterocycles. The lowest BCUT2D eigenvalue weighted by atomic mass is 10.2. The van der Waals surface area contributed by atoms with E-state index in [0.717, 1.165) is 16.3 Å². The van der Waals surface area contributed by atoms with Crippen molar-refractivity contribution in [2.45, 2.75) is 31.8 Å². The van der Waals surface area contributed by atoms with E-state index in [9.17, 15) is 0 Å². The van der Waals surface area contributed by atoms with Gasteiger partial charge in [-0.2, -0.15) is 0 Å². The van der Waals surface area contributed by atoms with Crippen LogP contribution in [0.2, 0.25) is 5.02 Å². The minimum atomic E-state index is 0.460. The van der Waals surface area contributed by atoms with Crippen LogP contribution in [0, 0.1) is 0 Å². The highest BCUT2D eigenvalue weighted by molar-refractivity contribution is 6.30. The Morgan fingerprint density at radius 2 is 2.22 bits per heavy atom. The highest BCUT2D eigenvalue weighted by atomic mass is 35.5. The van der Waals surface area contributed by atoms with E-state index in [-0.39, 0.29) is 0 Å². The molecule has 1 aliphatic carbocycles. The van der Waals surface area contributed by atoms with Gasteiger partial charge in [-0.25, -0.2) is 4.68 Å². The van der Waals surface area contributed by atoms with Crippen molar-refractivity contribution in [3.63, 3.8) is 0 Å². The minimum absolute atomic E-state index is 0.460. The van der Waals surface area contributed by atoms with Gasteiger partial charge < -0.3 is 5.73 Å². The summed E-state index contributed by atoms with van der Waals surface area (Å²) >= 11 is 5.99. The van der Waals surface area contributed by atoms with E-state index in [2.05, 4.69) is 10.3 Å². The predicted octanol–water partition coefficient (Wildman–Crippen LogP) is 2.32. The molecule has 1 heterocycles. The lowest BCUT2D eigenvalue weighted by molar-refractivity contribution is 0.619. The average Bonchev–Trinajstić information content (AvgIpc) is 3.11. The van der Waals surface area contributed by atoms with Crippen molar-refractivity contribution >= 4 is 11.6 Å². The SMILES string of the molecule is NCc1nnn(Cc2cccc(Cl)c2)c1C1CC1. The molecule has 0 aliphatic heterocycles. The summed E-state index contributed by atoms with van der Waals surface area (Å²) < 4.78 is 1.96. The van der Waals surface area contributed by atoms with Crippen molar-refractivity contribution in [1.29, 1.82) is 0 Å². The fourth-order valence-electron chi connectivity index (χ4n) is 2.23. The van der Waals surface area contributed by atoms with Crippen molar-refractivity contribution in [2.24, 2.45) is 5.73 Å². The minimum Gasteiger partial charge on any atom is -0.325 e. The molecule has 3 rings (SSSR count). The highest BCUT2D eigenvalue weighted by Gasteiger charge is 2.30. The second-order valence-electron chi connectivity index (χ2n) is 4.69. The zero-order valence-electron chi connectivity index (χ0n) is 10.0. The first kappa shape index (κ1) is 11.7. The Hall–Kier alpha value is -1.39. The first-order valence-corrected chi connectivity index (χ1v) is 6.52. The van der Waals surface area contributed by atoms with Crippen LogP contribution < -0.4 is 5.73 Å². The molecule has 0 amide bonds. The van der Waals surface area contributed by atoms with E-state index >= 15 is 0 Å². The van der Waals surface area contributed by atoms with Crippen LogP contribution in [0.25, 0.3) is 0 Å². The standard InChI is InChI=1S/C13H15ClN4/c14-11-3-1-2-9(6-11)8-18-13(10-4-5-10)12(7-15)16-17-18/h1-3,6,10H,4-5,7-8,15H2. The Morgan fingerprint density at radius 1 is 1.39 bits per heavy atom. The summed E-state index contributed by atoms with van der Waals surface area (Å²) in [5, 5.41) is 9.14. The van der Waals surface area contributed by atoms with E-state index in [0.29, 0.717) is 19.0 Å². The first-order valence-electron chi connectivity index (χ1n) is 6.14. The summed E-state index contributed by atoms with van der Waals surface area (Å²) in [4.78, 5) is 0. The molecule has 1 saturated carbocycles. The molecule has 0 spiro atoms. The molecular weight excluding hydrogens is 248 g/mol. The zero-order chi connectivity index (χ0) is 12.5. The van der Waals surface area contributed by atoms with Crippen molar-refractivity contribution in [3.05, 3.63) is 46.2 Å². The second-order valence-corrected chi connectivity index (χ2v) is 5.12. The molecular formula is C13H15ClN4. The number of halogens is 1. The molecule has 1 aliphatic rings. The summed E-state index contributed by atoms with van der Waals surface area (Å²) in [5.74, 6) is 0.595. The van der Waals surface area contributed by atoms with Crippen LogP contribution >= 0.6 is 11.6 Å². The van der Waals surface area contributed by atoms with E-state index in [4.69, 9.17) is 17.3 Å². The topological polar surface area (TPSA) is 56.7 Å².